The van der Waals surface area contributed by atoms with Crippen molar-refractivity contribution in [1.82, 2.24) is 9.42 Å². The van der Waals surface area contributed by atoms with Crippen LogP contribution in [-0.4, -0.2) is 45.1 Å². The van der Waals surface area contributed by atoms with Crippen LogP contribution in [0.3, 0.4) is 0 Å². The van der Waals surface area contributed by atoms with E-state index in [1.165, 1.54) is 7.05 Å². The van der Waals surface area contributed by atoms with E-state index in [9.17, 15) is 16.8 Å². The maximum Gasteiger partial charge on any atom is 0.271 e. The van der Waals surface area contributed by atoms with Crippen molar-refractivity contribution >= 4 is 26.2 Å². The molecule has 9 heteroatoms. The first-order valence-corrected chi connectivity index (χ1v) is 7.17. The molecular formula is C7H11N3O4S2. The van der Waals surface area contributed by atoms with Crippen LogP contribution in [0.5, 0.6) is 0 Å². The van der Waals surface area contributed by atoms with Gasteiger partial charge in [-0.1, -0.05) is 13.2 Å². The number of aliphatic imine (C=N–C) groups is 1. The van der Waals surface area contributed by atoms with E-state index in [0.29, 0.717) is 9.82 Å². The lowest BCUT2D eigenvalue weighted by molar-refractivity contribution is 0.180. The summed E-state index contributed by atoms with van der Waals surface area (Å²) in [6, 6.07) is 0. The molecule has 0 aromatic heterocycles. The molecule has 7 nitrogen and oxygen atoms in total. The highest BCUT2D eigenvalue weighted by Gasteiger charge is 2.37. The molecular weight excluding hydrogens is 254 g/mol. The van der Waals surface area contributed by atoms with Crippen molar-refractivity contribution in [1.29, 1.82) is 0 Å². The summed E-state index contributed by atoms with van der Waals surface area (Å²) >= 11 is 0. The van der Waals surface area contributed by atoms with Crippen LogP contribution in [-0.2, 0) is 19.9 Å². The third kappa shape index (κ3) is 2.01. The van der Waals surface area contributed by atoms with Crippen LogP contribution in [0.2, 0.25) is 0 Å². The second kappa shape index (κ2) is 4.00. The summed E-state index contributed by atoms with van der Waals surface area (Å²) in [5.41, 5.74) is -1.31. The lowest BCUT2D eigenvalue weighted by atomic mass is 11.0. The van der Waals surface area contributed by atoms with Crippen LogP contribution in [0.25, 0.3) is 0 Å². The van der Waals surface area contributed by atoms with Crippen LogP contribution < -0.4 is 0 Å². The Morgan fingerprint density at radius 3 is 2.25 bits per heavy atom. The molecule has 0 spiro atoms. The molecule has 1 atom stereocenters. The number of hydrogen-bond donors (Lipinski definition) is 0. The molecule has 0 saturated heterocycles. The predicted molar refractivity (Wildman–Crippen MR) is 60.1 cm³/mol. The summed E-state index contributed by atoms with van der Waals surface area (Å²) in [6.45, 7) is 6.27. The second-order valence-electron chi connectivity index (χ2n) is 2.90. The van der Waals surface area contributed by atoms with Gasteiger partial charge >= 0.3 is 0 Å². The lowest BCUT2D eigenvalue weighted by Crippen LogP contribution is -2.44. The molecule has 0 N–H and O–H groups in total. The van der Waals surface area contributed by atoms with Gasteiger partial charge in [-0.25, -0.2) is 21.8 Å². The number of rotatable bonds is 4. The van der Waals surface area contributed by atoms with E-state index >= 15 is 0 Å². The predicted octanol–water partition coefficient (Wildman–Crippen LogP) is -0.508. The fourth-order valence-electron chi connectivity index (χ4n) is 1.09. The van der Waals surface area contributed by atoms with Gasteiger partial charge in [0.15, 0.2) is 0 Å². The molecule has 0 amide bonds. The number of hydrogen-bond acceptors (Lipinski definition) is 6. The first-order valence-electron chi connectivity index (χ1n) is 4.05. The number of nitrogens with zero attached hydrogens (tertiary/aromatic N) is 3. The Bertz CT molecular complexity index is 486. The van der Waals surface area contributed by atoms with Crippen LogP contribution in [0, 0.1) is 0 Å². The largest absolute Gasteiger partial charge is 0.271 e. The molecule has 0 fully saturated rings. The van der Waals surface area contributed by atoms with Gasteiger partial charge in [-0.2, -0.15) is 9.42 Å². The molecule has 1 aliphatic heterocycles. The Hall–Kier alpha value is -1.19. The van der Waals surface area contributed by atoms with Crippen LogP contribution in [0.1, 0.15) is 0 Å². The molecule has 0 radical (unpaired) electrons. The molecule has 90 valence electrons. The molecule has 0 aromatic carbocycles. The molecule has 0 bridgehead atoms. The summed E-state index contributed by atoms with van der Waals surface area (Å²) in [5, 5.41) is 2.40. The Labute approximate surface area is 94.3 Å². The van der Waals surface area contributed by atoms with E-state index in [2.05, 4.69) is 18.2 Å². The van der Waals surface area contributed by atoms with Gasteiger partial charge in [-0.3, -0.25) is 0 Å². The van der Waals surface area contributed by atoms with Crippen molar-refractivity contribution in [2.45, 2.75) is 5.50 Å². The fourth-order valence-corrected chi connectivity index (χ4v) is 2.86. The minimum atomic E-state index is -3.77. The van der Waals surface area contributed by atoms with Gasteiger partial charge in [-0.05, 0) is 0 Å². The van der Waals surface area contributed by atoms with Crippen molar-refractivity contribution in [3.05, 3.63) is 24.0 Å². The zero-order valence-electron chi connectivity index (χ0n) is 8.51. The Kier molecular flexibility index (Phi) is 3.22. The summed E-state index contributed by atoms with van der Waals surface area (Å²) in [5.74, 6) is 0. The minimum absolute atomic E-state index is 0.700. The Morgan fingerprint density at radius 2 is 1.81 bits per heavy atom. The number of hydrazine groups is 1. The topological polar surface area (TPSA) is 87.1 Å². The smallest absolute Gasteiger partial charge is 0.236 e. The maximum atomic E-state index is 11.5. The summed E-state index contributed by atoms with van der Waals surface area (Å²) in [7, 11) is -6.18. The molecule has 0 saturated carbocycles. The third-order valence-electron chi connectivity index (χ3n) is 1.92. The molecule has 1 rings (SSSR count). The van der Waals surface area contributed by atoms with Crippen molar-refractivity contribution in [2.75, 3.05) is 7.05 Å². The van der Waals surface area contributed by atoms with Crippen LogP contribution in [0.4, 0.5) is 0 Å². The van der Waals surface area contributed by atoms with Gasteiger partial charge in [-0.15, -0.1) is 0 Å². The fraction of sp³-hybridized carbons (Fsp3) is 0.286. The quantitative estimate of drug-likeness (QED) is 0.683. The summed E-state index contributed by atoms with van der Waals surface area (Å²) in [6.07, 6.45) is 0.919. The Morgan fingerprint density at radius 1 is 1.25 bits per heavy atom. The van der Waals surface area contributed by atoms with Crippen LogP contribution in [0.15, 0.2) is 29.0 Å². The highest BCUT2D eigenvalue weighted by Crippen LogP contribution is 2.19. The maximum absolute atomic E-state index is 11.5. The summed E-state index contributed by atoms with van der Waals surface area (Å²) < 4.78 is 46.5. The lowest BCUT2D eigenvalue weighted by Gasteiger charge is -2.24. The third-order valence-corrected chi connectivity index (χ3v) is 4.69. The van der Waals surface area contributed by atoms with Crippen molar-refractivity contribution in [2.24, 2.45) is 4.99 Å². The standard InChI is InChI=1S/C7H11N3O4S2/c1-4-15(11,12)7-8-6-10(9(7)3)16(13,14)5-2/h4-7H,1-2H2,3H3. The van der Waals surface area contributed by atoms with E-state index in [1.54, 1.807) is 0 Å². The van der Waals surface area contributed by atoms with E-state index in [4.69, 9.17) is 0 Å². The number of sulfonamides is 1. The van der Waals surface area contributed by atoms with Crippen molar-refractivity contribution < 1.29 is 16.8 Å². The SMILES string of the molecule is C=CS(=O)(=O)C1N=CN(S(=O)(=O)C=C)N1C. The second-order valence-corrected chi connectivity index (χ2v) is 6.57. The normalized spacial score (nSPS) is 22.3. The molecule has 1 aliphatic rings. The average molecular weight is 265 g/mol. The first kappa shape index (κ1) is 12.9. The van der Waals surface area contributed by atoms with Crippen LogP contribution >= 0.6 is 0 Å². The van der Waals surface area contributed by atoms with Gasteiger partial charge < -0.3 is 0 Å². The van der Waals surface area contributed by atoms with Gasteiger partial charge in [0.05, 0.1) is 0 Å². The van der Waals surface area contributed by atoms with E-state index < -0.39 is 25.4 Å². The zero-order valence-corrected chi connectivity index (χ0v) is 10.1. The van der Waals surface area contributed by atoms with Gasteiger partial charge in [0.2, 0.25) is 15.3 Å². The molecule has 0 aromatic rings. The monoisotopic (exact) mass is 265 g/mol. The average Bonchev–Trinajstić information content (AvgIpc) is 2.61. The van der Waals surface area contributed by atoms with E-state index in [-0.39, 0.29) is 0 Å². The molecule has 1 unspecified atom stereocenters. The minimum Gasteiger partial charge on any atom is -0.236 e. The molecule has 0 aliphatic carbocycles. The number of sulfone groups is 1. The van der Waals surface area contributed by atoms with Gasteiger partial charge in [0.1, 0.15) is 6.34 Å². The highest BCUT2D eigenvalue weighted by atomic mass is 32.2. The Balaban J connectivity index is 3.11. The van der Waals surface area contributed by atoms with Gasteiger partial charge in [0, 0.05) is 17.9 Å². The van der Waals surface area contributed by atoms with Gasteiger partial charge in [0.25, 0.3) is 10.0 Å². The van der Waals surface area contributed by atoms with E-state index in [1.807, 2.05) is 0 Å². The first-order chi connectivity index (χ1) is 7.26. The zero-order chi connectivity index (χ0) is 12.6. The molecule has 1 heterocycles. The summed E-state index contributed by atoms with van der Waals surface area (Å²) in [4.78, 5) is 3.60. The van der Waals surface area contributed by atoms with Crippen molar-refractivity contribution in [3.63, 3.8) is 0 Å². The van der Waals surface area contributed by atoms with E-state index in [0.717, 1.165) is 16.8 Å². The highest BCUT2D eigenvalue weighted by molar-refractivity contribution is 7.95. The van der Waals surface area contributed by atoms with Crippen molar-refractivity contribution in [3.8, 4) is 0 Å². The molecule has 16 heavy (non-hydrogen) atoms.